The molecule has 18 heavy (non-hydrogen) atoms. The lowest BCUT2D eigenvalue weighted by Crippen LogP contribution is -3.00. The molecule has 0 unspecified atom stereocenters. The van der Waals surface area contributed by atoms with Crippen LogP contribution in [0.25, 0.3) is 0 Å². The first-order chi connectivity index (χ1) is 8.25. The number of nitrogens with zero attached hydrogens (tertiary/aromatic N) is 3. The van der Waals surface area contributed by atoms with Gasteiger partial charge in [0.1, 0.15) is 12.4 Å². The largest absolute Gasteiger partial charge is 1.00 e. The molecule has 0 atom stereocenters. The molecule has 0 N–H and O–H groups in total. The van der Waals surface area contributed by atoms with Gasteiger partial charge in [-0.05, 0) is 18.1 Å². The number of amides is 1. The molecule has 94 valence electrons. The van der Waals surface area contributed by atoms with Gasteiger partial charge < -0.3 is 24.0 Å². The molecule has 1 amide bonds. The van der Waals surface area contributed by atoms with Crippen molar-refractivity contribution in [2.75, 3.05) is 11.4 Å². The first-order valence-electron chi connectivity index (χ1n) is 5.69. The van der Waals surface area contributed by atoms with E-state index in [1.54, 1.807) is 17.1 Å². The highest BCUT2D eigenvalue weighted by molar-refractivity contribution is 5.95. The normalized spacial score (nSPS) is 13.1. The molecule has 4 nitrogen and oxygen atoms in total. The first kappa shape index (κ1) is 13.1. The van der Waals surface area contributed by atoms with Gasteiger partial charge in [-0.15, -0.1) is 0 Å². The van der Waals surface area contributed by atoms with Crippen molar-refractivity contribution in [1.29, 1.82) is 0 Å². The lowest BCUT2D eigenvalue weighted by Gasteiger charge is -2.13. The van der Waals surface area contributed by atoms with Crippen molar-refractivity contribution in [3.8, 4) is 0 Å². The van der Waals surface area contributed by atoms with Crippen molar-refractivity contribution in [2.24, 2.45) is 7.05 Å². The maximum absolute atomic E-state index is 12.3. The molecule has 2 heterocycles. The summed E-state index contributed by atoms with van der Waals surface area (Å²) < 4.78 is 3.47. The van der Waals surface area contributed by atoms with Crippen molar-refractivity contribution < 1.29 is 33.3 Å². The van der Waals surface area contributed by atoms with E-state index in [1.807, 2.05) is 40.9 Å². The third-order valence-corrected chi connectivity index (χ3v) is 3.11. The van der Waals surface area contributed by atoms with E-state index in [2.05, 4.69) is 6.07 Å². The van der Waals surface area contributed by atoms with Gasteiger partial charge >= 0.3 is 6.03 Å². The van der Waals surface area contributed by atoms with Crippen molar-refractivity contribution in [3.05, 3.63) is 48.5 Å². The minimum atomic E-state index is 0. The van der Waals surface area contributed by atoms with E-state index in [0.717, 1.165) is 18.7 Å². The molecule has 0 saturated carbocycles. The van der Waals surface area contributed by atoms with Gasteiger partial charge in [-0.1, -0.05) is 18.2 Å². The molecule has 1 aromatic carbocycles. The van der Waals surface area contributed by atoms with Crippen LogP contribution in [0.5, 0.6) is 0 Å². The fourth-order valence-corrected chi connectivity index (χ4v) is 2.24. The minimum absolute atomic E-state index is 0. The summed E-state index contributed by atoms with van der Waals surface area (Å²) in [5.74, 6) is 0. The Hall–Kier alpha value is -1.37. The quantitative estimate of drug-likeness (QED) is 0.411. The van der Waals surface area contributed by atoms with Gasteiger partial charge in [0.25, 0.3) is 6.33 Å². The van der Waals surface area contributed by atoms with E-state index in [9.17, 15) is 4.79 Å². The highest BCUT2D eigenvalue weighted by atomic mass is 127. The van der Waals surface area contributed by atoms with Crippen LogP contribution in [0.15, 0.2) is 43.0 Å². The average Bonchev–Trinajstić information content (AvgIpc) is 2.94. The van der Waals surface area contributed by atoms with Crippen LogP contribution in [0, 0.1) is 0 Å². The zero-order chi connectivity index (χ0) is 11.8. The fraction of sp³-hybridized carbons (Fsp3) is 0.231. The van der Waals surface area contributed by atoms with Gasteiger partial charge in [-0.25, -0.2) is 9.36 Å². The molecule has 2 aromatic rings. The van der Waals surface area contributed by atoms with Crippen LogP contribution in [0.4, 0.5) is 10.5 Å². The summed E-state index contributed by atoms with van der Waals surface area (Å²) in [5.41, 5.74) is 2.28. The number of anilines is 1. The molecule has 1 aliphatic heterocycles. The van der Waals surface area contributed by atoms with E-state index in [4.69, 9.17) is 0 Å². The summed E-state index contributed by atoms with van der Waals surface area (Å²) >= 11 is 0. The zero-order valence-corrected chi connectivity index (χ0v) is 12.2. The smallest absolute Gasteiger partial charge is 0.420 e. The van der Waals surface area contributed by atoms with Gasteiger partial charge in [-0.2, -0.15) is 4.57 Å². The summed E-state index contributed by atoms with van der Waals surface area (Å²) in [6.45, 7) is 0.764. The highest BCUT2D eigenvalue weighted by Crippen LogP contribution is 2.27. The average molecular weight is 355 g/mol. The number of benzene rings is 1. The number of hydrogen-bond acceptors (Lipinski definition) is 1. The molecular weight excluding hydrogens is 341 g/mol. The lowest BCUT2D eigenvalue weighted by molar-refractivity contribution is -0.670. The van der Waals surface area contributed by atoms with Crippen LogP contribution in [0.1, 0.15) is 5.56 Å². The van der Waals surface area contributed by atoms with Crippen LogP contribution in [0.3, 0.4) is 0 Å². The number of rotatable bonds is 0. The molecular formula is C13H14IN3O. The predicted octanol–water partition coefficient (Wildman–Crippen LogP) is -1.65. The molecule has 0 saturated heterocycles. The van der Waals surface area contributed by atoms with Gasteiger partial charge in [-0.3, -0.25) is 4.90 Å². The van der Waals surface area contributed by atoms with Crippen LogP contribution in [-0.4, -0.2) is 17.1 Å². The first-order valence-corrected chi connectivity index (χ1v) is 5.69. The second kappa shape index (κ2) is 5.09. The lowest BCUT2D eigenvalue weighted by atomic mass is 10.2. The number of carbonyl (C=O) groups excluding carboxylic acids is 1. The Morgan fingerprint density at radius 1 is 1.33 bits per heavy atom. The third-order valence-electron chi connectivity index (χ3n) is 3.11. The van der Waals surface area contributed by atoms with E-state index in [-0.39, 0.29) is 30.0 Å². The van der Waals surface area contributed by atoms with E-state index in [0.29, 0.717) is 0 Å². The minimum Gasteiger partial charge on any atom is -1.00 e. The number of aryl methyl sites for hydroxylation is 1. The van der Waals surface area contributed by atoms with Crippen molar-refractivity contribution in [3.63, 3.8) is 0 Å². The number of para-hydroxylation sites is 1. The fourth-order valence-electron chi connectivity index (χ4n) is 2.24. The number of halogens is 1. The molecule has 1 aromatic heterocycles. The molecule has 1 aliphatic rings. The maximum Gasteiger partial charge on any atom is 0.420 e. The zero-order valence-electron chi connectivity index (χ0n) is 10.1. The summed E-state index contributed by atoms with van der Waals surface area (Å²) in [4.78, 5) is 14.1. The molecule has 5 heteroatoms. The topological polar surface area (TPSA) is 29.1 Å². The van der Waals surface area contributed by atoms with E-state index < -0.39 is 0 Å². The number of aromatic nitrogens is 2. The summed E-state index contributed by atoms with van der Waals surface area (Å²) in [5, 5.41) is 0. The predicted molar refractivity (Wildman–Crippen MR) is 63.9 cm³/mol. The standard InChI is InChI=1S/C13H14N3O.HI/c1-14-8-9-15(10-14)13(17)16-7-6-11-4-2-3-5-12(11)16;/h2-5,8-10H,6-7H2,1H3;1H/q+1;/p-1. The Bertz CT molecular complexity index is 579. The number of imidazole rings is 1. The molecule has 0 fully saturated rings. The SMILES string of the molecule is C[n+]1ccn(C(=O)N2CCc3ccccc32)c1.[I-]. The van der Waals surface area contributed by atoms with E-state index >= 15 is 0 Å². The third kappa shape index (κ3) is 2.14. The Balaban J connectivity index is 0.00000120. The maximum atomic E-state index is 12.3. The molecule has 0 radical (unpaired) electrons. The summed E-state index contributed by atoms with van der Waals surface area (Å²) in [6, 6.07) is 8.08. The molecule has 0 aliphatic carbocycles. The number of carbonyl (C=O) groups is 1. The molecule has 0 bridgehead atoms. The Morgan fingerprint density at radius 3 is 2.83 bits per heavy atom. The van der Waals surface area contributed by atoms with Crippen LogP contribution < -0.4 is 33.4 Å². The monoisotopic (exact) mass is 355 g/mol. The van der Waals surface area contributed by atoms with Crippen LogP contribution >= 0.6 is 0 Å². The summed E-state index contributed by atoms with van der Waals surface area (Å²) in [6.07, 6.45) is 6.36. The second-order valence-electron chi connectivity index (χ2n) is 4.30. The summed E-state index contributed by atoms with van der Waals surface area (Å²) in [7, 11) is 1.90. The van der Waals surface area contributed by atoms with Gasteiger partial charge in [0.2, 0.25) is 0 Å². The van der Waals surface area contributed by atoms with Crippen molar-refractivity contribution >= 4 is 11.7 Å². The second-order valence-corrected chi connectivity index (χ2v) is 4.30. The van der Waals surface area contributed by atoms with Gasteiger partial charge in [0.15, 0.2) is 0 Å². The molecule has 3 rings (SSSR count). The van der Waals surface area contributed by atoms with E-state index in [1.165, 1.54) is 5.56 Å². The Morgan fingerprint density at radius 2 is 2.11 bits per heavy atom. The Labute approximate surface area is 123 Å². The Kier molecular flexibility index (Phi) is 3.70. The highest BCUT2D eigenvalue weighted by Gasteiger charge is 2.28. The molecule has 0 spiro atoms. The number of fused-ring (bicyclic) bond motifs is 1. The van der Waals surface area contributed by atoms with Crippen molar-refractivity contribution in [2.45, 2.75) is 6.42 Å². The van der Waals surface area contributed by atoms with Crippen LogP contribution in [0.2, 0.25) is 0 Å². The van der Waals surface area contributed by atoms with Crippen LogP contribution in [-0.2, 0) is 13.5 Å². The van der Waals surface area contributed by atoms with Crippen molar-refractivity contribution in [1.82, 2.24) is 4.57 Å². The number of hydrogen-bond donors (Lipinski definition) is 0. The van der Waals surface area contributed by atoms with Gasteiger partial charge in [0.05, 0.1) is 12.7 Å². The van der Waals surface area contributed by atoms with Gasteiger partial charge in [0, 0.05) is 6.54 Å².